The molecular formula is C17H19NO4. The van der Waals surface area contributed by atoms with E-state index in [1.54, 1.807) is 24.3 Å². The van der Waals surface area contributed by atoms with E-state index in [1.807, 2.05) is 19.1 Å². The largest absolute Gasteiger partial charge is 0.493 e. The number of hydrogen-bond donors (Lipinski definition) is 1. The molecule has 0 spiro atoms. The van der Waals surface area contributed by atoms with Crippen LogP contribution in [0.3, 0.4) is 0 Å². The van der Waals surface area contributed by atoms with Gasteiger partial charge in [0.25, 0.3) is 5.91 Å². The number of amides is 1. The summed E-state index contributed by atoms with van der Waals surface area (Å²) in [4.78, 5) is 12.3. The zero-order valence-corrected chi connectivity index (χ0v) is 13.1. The molecule has 2 aromatic rings. The van der Waals surface area contributed by atoms with Gasteiger partial charge in [-0.1, -0.05) is 17.7 Å². The second-order valence-corrected chi connectivity index (χ2v) is 4.73. The zero-order chi connectivity index (χ0) is 16.1. The topological polar surface area (TPSA) is 56.8 Å². The molecule has 2 aromatic carbocycles. The maximum atomic E-state index is 12.3. The molecule has 0 heterocycles. The van der Waals surface area contributed by atoms with Crippen LogP contribution in [0, 0.1) is 6.92 Å². The zero-order valence-electron chi connectivity index (χ0n) is 13.1. The molecule has 0 saturated heterocycles. The summed E-state index contributed by atoms with van der Waals surface area (Å²) in [5.74, 6) is 1.26. The Morgan fingerprint density at radius 3 is 1.91 bits per heavy atom. The van der Waals surface area contributed by atoms with Gasteiger partial charge in [0.1, 0.15) is 0 Å². The van der Waals surface area contributed by atoms with Gasteiger partial charge in [0.05, 0.1) is 21.3 Å². The fraction of sp³-hybridized carbons (Fsp3) is 0.235. The molecule has 0 aliphatic rings. The summed E-state index contributed by atoms with van der Waals surface area (Å²) in [6.45, 7) is 1.97. The molecule has 1 N–H and O–H groups in total. The fourth-order valence-electron chi connectivity index (χ4n) is 2.06. The minimum atomic E-state index is -0.200. The molecule has 0 aromatic heterocycles. The van der Waals surface area contributed by atoms with Gasteiger partial charge in [-0.15, -0.1) is 0 Å². The van der Waals surface area contributed by atoms with E-state index in [0.717, 1.165) is 5.56 Å². The van der Waals surface area contributed by atoms with E-state index in [9.17, 15) is 4.79 Å². The minimum absolute atomic E-state index is 0.200. The molecule has 1 amide bonds. The highest BCUT2D eigenvalue weighted by atomic mass is 16.5. The first-order valence-electron chi connectivity index (χ1n) is 6.77. The molecule has 0 aliphatic heterocycles. The summed E-state index contributed by atoms with van der Waals surface area (Å²) in [5.41, 5.74) is 2.25. The number of carbonyl (C=O) groups is 1. The molecule has 5 nitrogen and oxygen atoms in total. The van der Waals surface area contributed by atoms with Gasteiger partial charge in [-0.3, -0.25) is 4.79 Å². The molecular weight excluding hydrogens is 282 g/mol. The predicted molar refractivity (Wildman–Crippen MR) is 85.2 cm³/mol. The van der Waals surface area contributed by atoms with Crippen LogP contribution in [0.4, 0.5) is 5.69 Å². The summed E-state index contributed by atoms with van der Waals surface area (Å²) in [7, 11) is 4.59. The highest BCUT2D eigenvalue weighted by molar-refractivity contribution is 6.04. The Labute approximate surface area is 129 Å². The second-order valence-electron chi connectivity index (χ2n) is 4.73. The molecule has 5 heteroatoms. The van der Waals surface area contributed by atoms with Crippen LogP contribution in [0.5, 0.6) is 17.2 Å². The van der Waals surface area contributed by atoms with Gasteiger partial charge in [0.2, 0.25) is 5.75 Å². The third-order valence-corrected chi connectivity index (χ3v) is 3.24. The van der Waals surface area contributed by atoms with Crippen LogP contribution in [0.25, 0.3) is 0 Å². The summed E-state index contributed by atoms with van der Waals surface area (Å²) in [5, 5.41) is 2.82. The van der Waals surface area contributed by atoms with E-state index < -0.39 is 0 Å². The molecule has 0 saturated carbocycles. The highest BCUT2D eigenvalue weighted by Crippen LogP contribution is 2.39. The van der Waals surface area contributed by atoms with Gasteiger partial charge in [-0.25, -0.2) is 0 Å². The number of rotatable bonds is 5. The number of anilines is 1. The summed E-state index contributed by atoms with van der Waals surface area (Å²) in [6, 6.07) is 10.7. The molecule has 116 valence electrons. The van der Waals surface area contributed by atoms with Crippen LogP contribution >= 0.6 is 0 Å². The van der Waals surface area contributed by atoms with Crippen molar-refractivity contribution >= 4 is 11.6 Å². The Hall–Kier alpha value is -2.69. The lowest BCUT2D eigenvalue weighted by Crippen LogP contribution is -2.12. The third-order valence-electron chi connectivity index (χ3n) is 3.24. The van der Waals surface area contributed by atoms with E-state index in [-0.39, 0.29) is 5.91 Å². The van der Waals surface area contributed by atoms with Gasteiger partial charge in [-0.2, -0.15) is 0 Å². The number of carbonyl (C=O) groups excluding carboxylic acids is 1. The van der Waals surface area contributed by atoms with Gasteiger partial charge >= 0.3 is 0 Å². The van der Waals surface area contributed by atoms with Crippen LogP contribution < -0.4 is 19.5 Å². The van der Waals surface area contributed by atoms with Gasteiger partial charge in [-0.05, 0) is 19.1 Å². The monoisotopic (exact) mass is 301 g/mol. The van der Waals surface area contributed by atoms with Crippen molar-refractivity contribution in [3.05, 3.63) is 47.5 Å². The average molecular weight is 301 g/mol. The Balaban J connectivity index is 2.29. The number of aryl methyl sites for hydroxylation is 1. The molecule has 0 radical (unpaired) electrons. The Morgan fingerprint density at radius 2 is 1.45 bits per heavy atom. The van der Waals surface area contributed by atoms with Crippen molar-refractivity contribution < 1.29 is 19.0 Å². The van der Waals surface area contributed by atoms with Gasteiger partial charge < -0.3 is 19.5 Å². The van der Waals surface area contributed by atoms with E-state index >= 15 is 0 Å². The third kappa shape index (κ3) is 3.31. The predicted octanol–water partition coefficient (Wildman–Crippen LogP) is 3.27. The summed E-state index contributed by atoms with van der Waals surface area (Å²) >= 11 is 0. The van der Waals surface area contributed by atoms with Crippen LogP contribution in [-0.4, -0.2) is 27.2 Å². The van der Waals surface area contributed by atoms with E-state index in [4.69, 9.17) is 14.2 Å². The minimum Gasteiger partial charge on any atom is -0.493 e. The maximum Gasteiger partial charge on any atom is 0.255 e. The fourth-order valence-corrected chi connectivity index (χ4v) is 2.06. The van der Waals surface area contributed by atoms with Crippen molar-refractivity contribution in [1.29, 1.82) is 0 Å². The number of ether oxygens (including phenoxy) is 3. The summed E-state index contributed by atoms with van der Waals surface area (Å²) in [6.07, 6.45) is 0. The number of nitrogens with one attached hydrogen (secondary N) is 1. The molecule has 22 heavy (non-hydrogen) atoms. The van der Waals surface area contributed by atoms with E-state index in [1.165, 1.54) is 21.3 Å². The van der Waals surface area contributed by atoms with Crippen LogP contribution in [0.2, 0.25) is 0 Å². The summed E-state index contributed by atoms with van der Waals surface area (Å²) < 4.78 is 15.8. The van der Waals surface area contributed by atoms with Gasteiger partial charge in [0, 0.05) is 23.4 Å². The quantitative estimate of drug-likeness (QED) is 0.921. The van der Waals surface area contributed by atoms with Crippen molar-refractivity contribution in [1.82, 2.24) is 0 Å². The first kappa shape index (κ1) is 15.7. The van der Waals surface area contributed by atoms with Crippen molar-refractivity contribution in [3.63, 3.8) is 0 Å². The number of hydrogen-bond acceptors (Lipinski definition) is 4. The van der Waals surface area contributed by atoms with Crippen LogP contribution in [-0.2, 0) is 0 Å². The molecule has 0 unspecified atom stereocenters. The lowest BCUT2D eigenvalue weighted by Gasteiger charge is -2.14. The van der Waals surface area contributed by atoms with Crippen molar-refractivity contribution in [2.45, 2.75) is 6.92 Å². The maximum absolute atomic E-state index is 12.3. The average Bonchev–Trinajstić information content (AvgIpc) is 2.54. The van der Waals surface area contributed by atoms with E-state index in [0.29, 0.717) is 28.5 Å². The SMILES string of the molecule is COc1cc(NC(=O)c2ccc(C)cc2)cc(OC)c1OC. The van der Waals surface area contributed by atoms with Crippen LogP contribution in [0.15, 0.2) is 36.4 Å². The standard InChI is InChI=1S/C17H19NO4/c1-11-5-7-12(8-6-11)17(19)18-13-9-14(20-2)16(22-4)15(10-13)21-3/h5-10H,1-4H3,(H,18,19). The van der Waals surface area contributed by atoms with E-state index in [2.05, 4.69) is 5.32 Å². The molecule has 2 rings (SSSR count). The number of benzene rings is 2. The first-order chi connectivity index (χ1) is 10.6. The molecule has 0 aliphatic carbocycles. The van der Waals surface area contributed by atoms with Crippen LogP contribution in [0.1, 0.15) is 15.9 Å². The molecule has 0 fully saturated rings. The van der Waals surface area contributed by atoms with Crippen molar-refractivity contribution in [2.24, 2.45) is 0 Å². The Morgan fingerprint density at radius 1 is 0.909 bits per heavy atom. The van der Waals surface area contributed by atoms with Gasteiger partial charge in [0.15, 0.2) is 11.5 Å². The van der Waals surface area contributed by atoms with Crippen molar-refractivity contribution in [3.8, 4) is 17.2 Å². The Kier molecular flexibility index (Phi) is 4.88. The first-order valence-corrected chi connectivity index (χ1v) is 6.77. The lowest BCUT2D eigenvalue weighted by atomic mass is 10.1. The Bertz CT molecular complexity index is 640. The highest BCUT2D eigenvalue weighted by Gasteiger charge is 2.15. The smallest absolute Gasteiger partial charge is 0.255 e. The second kappa shape index (κ2) is 6.85. The normalized spacial score (nSPS) is 10.0. The number of methoxy groups -OCH3 is 3. The molecule has 0 bridgehead atoms. The lowest BCUT2D eigenvalue weighted by molar-refractivity contribution is 0.102. The van der Waals surface area contributed by atoms with Crippen molar-refractivity contribution in [2.75, 3.05) is 26.6 Å². The molecule has 0 atom stereocenters.